The molecular weight excluding hydrogens is 785 g/mol. The Morgan fingerprint density at radius 2 is 1.03 bits per heavy atom. The Morgan fingerprint density at radius 1 is 0.446 bits per heavy atom. The van der Waals surface area contributed by atoms with Crippen molar-refractivity contribution in [3.05, 3.63) is 192 Å². The molecule has 13 rings (SSSR count). The maximum atomic E-state index is 2.68. The third-order valence-corrected chi connectivity index (χ3v) is 15.8. The summed E-state index contributed by atoms with van der Waals surface area (Å²) in [6.07, 6.45) is 2.17. The molecule has 10 aromatic rings. The summed E-state index contributed by atoms with van der Waals surface area (Å²) in [5.74, 6) is 0. The van der Waals surface area contributed by atoms with E-state index in [0.717, 1.165) is 19.4 Å². The van der Waals surface area contributed by atoms with E-state index in [-0.39, 0.29) is 16.4 Å². The minimum absolute atomic E-state index is 0.00112. The lowest BCUT2D eigenvalue weighted by Gasteiger charge is -2.42. The quantitative estimate of drug-likeness (QED) is 0.129. The van der Waals surface area contributed by atoms with Crippen LogP contribution >= 0.6 is 0 Å². The molecule has 0 spiro atoms. The highest BCUT2D eigenvalue weighted by molar-refractivity contribution is 6.35. The normalized spacial score (nSPS) is 15.6. The van der Waals surface area contributed by atoms with E-state index >= 15 is 0 Å². The monoisotopic (exact) mass is 838 g/mol. The second-order valence-corrected chi connectivity index (χ2v) is 21.1. The molecule has 2 aliphatic carbocycles. The summed E-state index contributed by atoms with van der Waals surface area (Å²) in [6, 6.07) is 63.3. The number of nitrogens with zero attached hydrogens (tertiary/aromatic N) is 2. The van der Waals surface area contributed by atoms with Crippen LogP contribution in [0, 0.1) is 0 Å². The number of fused-ring (bicyclic) bond motifs is 9. The van der Waals surface area contributed by atoms with Crippen molar-refractivity contribution in [1.29, 1.82) is 0 Å². The zero-order valence-electron chi connectivity index (χ0n) is 38.6. The first kappa shape index (κ1) is 38.5. The van der Waals surface area contributed by atoms with Crippen LogP contribution in [0.1, 0.15) is 82.7 Å². The fraction of sp³-hybridized carbons (Fsp3) is 0.206. The molecule has 2 nitrogen and oxygen atoms in total. The van der Waals surface area contributed by atoms with Crippen molar-refractivity contribution in [1.82, 2.24) is 0 Å². The molecule has 10 aromatic carbocycles. The number of benzene rings is 10. The van der Waals surface area contributed by atoms with Crippen LogP contribution in [0.2, 0.25) is 0 Å². The van der Waals surface area contributed by atoms with E-state index < -0.39 is 0 Å². The first-order valence-corrected chi connectivity index (χ1v) is 23.7. The molecule has 65 heavy (non-hydrogen) atoms. The summed E-state index contributed by atoms with van der Waals surface area (Å²) in [5, 5.41) is 10.4. The Bertz CT molecular complexity index is 3630. The molecule has 1 heterocycles. The van der Waals surface area contributed by atoms with Gasteiger partial charge in [0.05, 0.1) is 11.4 Å². The second kappa shape index (κ2) is 13.3. The van der Waals surface area contributed by atoms with Crippen molar-refractivity contribution in [3.8, 4) is 33.4 Å². The standard InChI is InChI=1S/C63H54N2/c1-61(2,3)64-34-16-26-45-41(22-15-29-55(45)64)50-36-49-43-21-9-11-28-52(43)63(6,7)54(49)37-57(50)65(40-31-32-44-42-20-8-10-27-51(42)62(4,5)53(44)35-40)56-33-30-39-19-13-24-47-46-23-12-17-38-18-14-25-48(58(38)46)60(56)59(39)47/h8-15,17-25,27-33,35-37H,16,26,34H2,1-7H3. The molecule has 0 saturated heterocycles. The molecule has 0 unspecified atom stereocenters. The third-order valence-electron chi connectivity index (χ3n) is 15.8. The van der Waals surface area contributed by atoms with Gasteiger partial charge in [-0.15, -0.1) is 0 Å². The predicted molar refractivity (Wildman–Crippen MR) is 278 cm³/mol. The predicted octanol–water partition coefficient (Wildman–Crippen LogP) is 17.0. The van der Waals surface area contributed by atoms with Gasteiger partial charge in [-0.25, -0.2) is 0 Å². The summed E-state index contributed by atoms with van der Waals surface area (Å²) < 4.78 is 0. The summed E-state index contributed by atoms with van der Waals surface area (Å²) >= 11 is 0. The molecule has 0 radical (unpaired) electrons. The lowest BCUT2D eigenvalue weighted by atomic mass is 9.80. The molecule has 2 heteroatoms. The van der Waals surface area contributed by atoms with Crippen LogP contribution in [0.3, 0.4) is 0 Å². The van der Waals surface area contributed by atoms with Crippen LogP contribution in [0.15, 0.2) is 164 Å². The van der Waals surface area contributed by atoms with Gasteiger partial charge in [0.1, 0.15) is 0 Å². The Morgan fingerprint density at radius 3 is 1.74 bits per heavy atom. The highest BCUT2D eigenvalue weighted by Gasteiger charge is 2.40. The van der Waals surface area contributed by atoms with Crippen molar-refractivity contribution in [3.63, 3.8) is 0 Å². The molecular formula is C63H54N2. The Balaban J connectivity index is 1.19. The minimum atomic E-state index is -0.194. The van der Waals surface area contributed by atoms with Gasteiger partial charge in [0, 0.05) is 45.2 Å². The van der Waals surface area contributed by atoms with Gasteiger partial charge in [0.25, 0.3) is 0 Å². The van der Waals surface area contributed by atoms with E-state index in [2.05, 4.69) is 222 Å². The van der Waals surface area contributed by atoms with E-state index in [9.17, 15) is 0 Å². The number of hydrogen-bond donors (Lipinski definition) is 0. The van der Waals surface area contributed by atoms with Crippen LogP contribution in [0.25, 0.3) is 76.5 Å². The summed E-state index contributed by atoms with van der Waals surface area (Å²) in [6.45, 7) is 17.8. The molecule has 316 valence electrons. The van der Waals surface area contributed by atoms with Crippen molar-refractivity contribution in [2.75, 3.05) is 16.3 Å². The van der Waals surface area contributed by atoms with Crippen LogP contribution in [0.4, 0.5) is 22.7 Å². The van der Waals surface area contributed by atoms with E-state index in [1.807, 2.05) is 0 Å². The first-order valence-electron chi connectivity index (χ1n) is 23.7. The lowest BCUT2D eigenvalue weighted by Crippen LogP contribution is -2.44. The zero-order chi connectivity index (χ0) is 44.1. The van der Waals surface area contributed by atoms with E-state index in [4.69, 9.17) is 0 Å². The maximum Gasteiger partial charge on any atom is 0.0547 e. The molecule has 0 N–H and O–H groups in total. The molecule has 0 atom stereocenters. The van der Waals surface area contributed by atoms with Crippen molar-refractivity contribution >= 4 is 65.8 Å². The molecule has 3 aliphatic rings. The number of anilines is 4. The summed E-state index contributed by atoms with van der Waals surface area (Å²) in [4.78, 5) is 5.32. The van der Waals surface area contributed by atoms with Gasteiger partial charge in [-0.05, 0) is 163 Å². The van der Waals surface area contributed by atoms with Gasteiger partial charge < -0.3 is 9.80 Å². The molecule has 1 aliphatic heterocycles. The fourth-order valence-electron chi connectivity index (χ4n) is 12.8. The number of hydrogen-bond acceptors (Lipinski definition) is 2. The Kier molecular flexibility index (Phi) is 7.91. The van der Waals surface area contributed by atoms with Crippen molar-refractivity contribution < 1.29 is 0 Å². The topological polar surface area (TPSA) is 6.48 Å². The Hall–Kier alpha value is -6.90. The number of rotatable bonds is 4. The second-order valence-electron chi connectivity index (χ2n) is 21.1. The van der Waals surface area contributed by atoms with Gasteiger partial charge in [0.2, 0.25) is 0 Å². The van der Waals surface area contributed by atoms with Crippen molar-refractivity contribution in [2.45, 2.75) is 77.7 Å². The van der Waals surface area contributed by atoms with E-state index in [1.165, 1.54) is 127 Å². The third kappa shape index (κ3) is 5.29. The maximum absolute atomic E-state index is 2.68. The average Bonchev–Trinajstić information content (AvgIpc) is 3.68. The Labute approximate surface area is 383 Å². The van der Waals surface area contributed by atoms with Crippen LogP contribution in [0.5, 0.6) is 0 Å². The van der Waals surface area contributed by atoms with Gasteiger partial charge in [-0.2, -0.15) is 0 Å². The molecule has 0 saturated carbocycles. The zero-order valence-corrected chi connectivity index (χ0v) is 38.6. The lowest BCUT2D eigenvalue weighted by molar-refractivity contribution is 0.484. The highest BCUT2D eigenvalue weighted by Crippen LogP contribution is 2.57. The van der Waals surface area contributed by atoms with Gasteiger partial charge >= 0.3 is 0 Å². The van der Waals surface area contributed by atoms with Crippen LogP contribution < -0.4 is 9.80 Å². The smallest absolute Gasteiger partial charge is 0.0547 e. The van der Waals surface area contributed by atoms with Gasteiger partial charge in [0.15, 0.2) is 0 Å². The molecule has 0 fully saturated rings. The fourth-order valence-corrected chi connectivity index (χ4v) is 12.8. The average molecular weight is 839 g/mol. The molecule has 0 amide bonds. The van der Waals surface area contributed by atoms with Crippen LogP contribution in [-0.2, 0) is 17.3 Å². The first-order chi connectivity index (χ1) is 31.4. The van der Waals surface area contributed by atoms with E-state index in [1.54, 1.807) is 0 Å². The largest absolute Gasteiger partial charge is 0.366 e. The molecule has 0 bridgehead atoms. The SMILES string of the molecule is CC1(C)c2ccccc2-c2ccc(N(c3cc4c(cc3-c3cccc5c3CCCN5C(C)(C)C)-c3ccccc3C4(C)C)c3ccc4cccc5c6cccc7cccc(c3c45)c76)cc21. The van der Waals surface area contributed by atoms with Crippen LogP contribution in [-0.4, -0.2) is 12.1 Å². The minimum Gasteiger partial charge on any atom is -0.366 e. The van der Waals surface area contributed by atoms with Gasteiger partial charge in [-0.1, -0.05) is 155 Å². The molecule has 0 aromatic heterocycles. The highest BCUT2D eigenvalue weighted by atomic mass is 15.2. The van der Waals surface area contributed by atoms with Gasteiger partial charge in [-0.3, -0.25) is 0 Å². The summed E-state index contributed by atoms with van der Waals surface area (Å²) in [7, 11) is 0. The van der Waals surface area contributed by atoms with E-state index in [0.29, 0.717) is 0 Å². The summed E-state index contributed by atoms with van der Waals surface area (Å²) in [5.41, 5.74) is 19.6. The van der Waals surface area contributed by atoms with Crippen molar-refractivity contribution in [2.24, 2.45) is 0 Å².